The van der Waals surface area contributed by atoms with Crippen LogP contribution in [-0.2, 0) is 4.79 Å². The zero-order valence-electron chi connectivity index (χ0n) is 15.1. The van der Waals surface area contributed by atoms with Crippen LogP contribution in [-0.4, -0.2) is 41.7 Å². The van der Waals surface area contributed by atoms with E-state index in [1.807, 2.05) is 19.1 Å². The van der Waals surface area contributed by atoms with Crippen LogP contribution in [0, 0.1) is 0 Å². The maximum absolute atomic E-state index is 12.8. The van der Waals surface area contributed by atoms with E-state index in [2.05, 4.69) is 9.98 Å². The molecule has 140 valence electrons. The van der Waals surface area contributed by atoms with Gasteiger partial charge in [-0.3, -0.25) is 9.69 Å². The number of thioether (sulfide) groups is 1. The lowest BCUT2D eigenvalue weighted by Crippen LogP contribution is -2.28. The molecular formula is C19H18ClN3O3S. The van der Waals surface area contributed by atoms with Gasteiger partial charge in [-0.1, -0.05) is 11.6 Å². The fourth-order valence-electron chi connectivity index (χ4n) is 2.51. The minimum Gasteiger partial charge on any atom is -0.497 e. The maximum Gasteiger partial charge on any atom is 0.266 e. The normalized spacial score (nSPS) is 17.0. The molecule has 6 nitrogen and oxygen atoms in total. The molecule has 3 rings (SSSR count). The van der Waals surface area contributed by atoms with E-state index in [1.54, 1.807) is 49.6 Å². The second kappa shape index (κ2) is 8.45. The average Bonchev–Trinajstić information content (AvgIpc) is 2.98. The van der Waals surface area contributed by atoms with Gasteiger partial charge in [-0.15, -0.1) is 0 Å². The van der Waals surface area contributed by atoms with Crippen LogP contribution >= 0.6 is 23.4 Å². The SMILES string of the molecule is CCN1C(=O)/C(=C/c2ccc(OC)cc2OC)SC1=Nc1cccnc1Cl. The second-order valence-corrected chi connectivity index (χ2v) is 6.84. The molecule has 0 bridgehead atoms. The average molecular weight is 404 g/mol. The number of halogens is 1. The number of rotatable bonds is 5. The van der Waals surface area contributed by atoms with Gasteiger partial charge in [-0.05, 0) is 49.0 Å². The maximum atomic E-state index is 12.8. The molecule has 27 heavy (non-hydrogen) atoms. The Balaban J connectivity index is 1.98. The Labute approximate surface area is 166 Å². The highest BCUT2D eigenvalue weighted by molar-refractivity contribution is 8.18. The number of carbonyl (C=O) groups is 1. The van der Waals surface area contributed by atoms with E-state index >= 15 is 0 Å². The first-order valence-electron chi connectivity index (χ1n) is 8.20. The topological polar surface area (TPSA) is 64.0 Å². The number of methoxy groups -OCH3 is 2. The van der Waals surface area contributed by atoms with Crippen LogP contribution < -0.4 is 9.47 Å². The van der Waals surface area contributed by atoms with Crippen LogP contribution in [0.1, 0.15) is 12.5 Å². The standard InChI is InChI=1S/C19H18ClN3O3S/c1-4-23-18(24)16(10-12-7-8-13(25-2)11-15(12)26-3)27-19(23)22-14-6-5-9-21-17(14)20/h5-11H,4H2,1-3H3/b16-10-,22-19?. The summed E-state index contributed by atoms with van der Waals surface area (Å²) in [4.78, 5) is 23.5. The molecule has 0 radical (unpaired) electrons. The molecule has 0 N–H and O–H groups in total. The predicted octanol–water partition coefficient (Wildman–Crippen LogP) is 4.38. The van der Waals surface area contributed by atoms with Crippen molar-refractivity contribution in [1.29, 1.82) is 0 Å². The number of aliphatic imine (C=N–C) groups is 1. The van der Waals surface area contributed by atoms with Gasteiger partial charge in [0.25, 0.3) is 5.91 Å². The van der Waals surface area contributed by atoms with Crippen molar-refractivity contribution in [3.63, 3.8) is 0 Å². The van der Waals surface area contributed by atoms with E-state index in [4.69, 9.17) is 21.1 Å². The summed E-state index contributed by atoms with van der Waals surface area (Å²) in [6.07, 6.45) is 3.39. The van der Waals surface area contributed by atoms with Crippen LogP contribution in [0.5, 0.6) is 11.5 Å². The van der Waals surface area contributed by atoms with Crippen molar-refractivity contribution in [2.45, 2.75) is 6.92 Å². The zero-order chi connectivity index (χ0) is 19.4. The third-order valence-electron chi connectivity index (χ3n) is 3.89. The third-order valence-corrected chi connectivity index (χ3v) is 5.18. The first kappa shape index (κ1) is 19.3. The van der Waals surface area contributed by atoms with Gasteiger partial charge < -0.3 is 9.47 Å². The summed E-state index contributed by atoms with van der Waals surface area (Å²) in [5.74, 6) is 1.20. The lowest BCUT2D eigenvalue weighted by molar-refractivity contribution is -0.122. The number of hydrogen-bond acceptors (Lipinski definition) is 6. The number of carbonyl (C=O) groups excluding carboxylic acids is 1. The van der Waals surface area contributed by atoms with Crippen molar-refractivity contribution < 1.29 is 14.3 Å². The highest BCUT2D eigenvalue weighted by atomic mass is 35.5. The molecule has 0 atom stereocenters. The van der Waals surface area contributed by atoms with Gasteiger partial charge in [-0.2, -0.15) is 0 Å². The number of nitrogens with zero attached hydrogens (tertiary/aromatic N) is 3. The minimum atomic E-state index is -0.112. The molecule has 0 spiro atoms. The van der Waals surface area contributed by atoms with Gasteiger partial charge in [0.2, 0.25) is 0 Å². The zero-order valence-corrected chi connectivity index (χ0v) is 16.7. The fraction of sp³-hybridized carbons (Fsp3) is 0.211. The second-order valence-electron chi connectivity index (χ2n) is 5.48. The number of amides is 1. The smallest absolute Gasteiger partial charge is 0.266 e. The number of benzene rings is 1. The van der Waals surface area contributed by atoms with Gasteiger partial charge in [0, 0.05) is 24.4 Å². The summed E-state index contributed by atoms with van der Waals surface area (Å²) in [6.45, 7) is 2.40. The Morgan fingerprint density at radius 3 is 2.78 bits per heavy atom. The molecule has 1 saturated heterocycles. The van der Waals surface area contributed by atoms with E-state index in [0.29, 0.717) is 39.0 Å². The summed E-state index contributed by atoms with van der Waals surface area (Å²) in [7, 11) is 3.17. The lowest BCUT2D eigenvalue weighted by Gasteiger charge is -2.12. The quantitative estimate of drug-likeness (QED) is 0.547. The summed E-state index contributed by atoms with van der Waals surface area (Å²) in [5, 5.41) is 0.861. The number of ether oxygens (including phenoxy) is 2. The van der Waals surface area contributed by atoms with Crippen LogP contribution in [0.2, 0.25) is 5.15 Å². The van der Waals surface area contributed by atoms with Crippen molar-refractivity contribution >= 4 is 46.2 Å². The lowest BCUT2D eigenvalue weighted by atomic mass is 10.1. The molecule has 2 aromatic rings. The molecule has 1 aliphatic heterocycles. The molecule has 8 heteroatoms. The highest BCUT2D eigenvalue weighted by Gasteiger charge is 2.32. The molecule has 1 aromatic carbocycles. The van der Waals surface area contributed by atoms with Gasteiger partial charge in [0.1, 0.15) is 17.2 Å². The number of likely N-dealkylation sites (N-methyl/N-ethyl adjacent to an activating group) is 1. The van der Waals surface area contributed by atoms with Gasteiger partial charge in [0.05, 0.1) is 19.1 Å². The summed E-state index contributed by atoms with van der Waals surface area (Å²) in [6, 6.07) is 8.96. The molecule has 0 aliphatic carbocycles. The van der Waals surface area contributed by atoms with Crippen LogP contribution in [0.3, 0.4) is 0 Å². The molecule has 1 aliphatic rings. The van der Waals surface area contributed by atoms with E-state index < -0.39 is 0 Å². The van der Waals surface area contributed by atoms with Crippen molar-refractivity contribution in [2.24, 2.45) is 4.99 Å². The van der Waals surface area contributed by atoms with Gasteiger partial charge in [-0.25, -0.2) is 9.98 Å². The van der Waals surface area contributed by atoms with E-state index in [-0.39, 0.29) is 5.91 Å². The molecule has 1 fully saturated rings. The Hall–Kier alpha value is -2.51. The fourth-order valence-corrected chi connectivity index (χ4v) is 3.72. The Bertz CT molecular complexity index is 930. The Morgan fingerprint density at radius 2 is 2.11 bits per heavy atom. The molecular weight excluding hydrogens is 386 g/mol. The van der Waals surface area contributed by atoms with Crippen molar-refractivity contribution in [1.82, 2.24) is 9.88 Å². The van der Waals surface area contributed by atoms with Crippen LogP contribution in [0.25, 0.3) is 6.08 Å². The monoisotopic (exact) mass is 403 g/mol. The largest absolute Gasteiger partial charge is 0.497 e. The first-order chi connectivity index (χ1) is 13.1. The minimum absolute atomic E-state index is 0.112. The van der Waals surface area contributed by atoms with E-state index in [9.17, 15) is 4.79 Å². The summed E-state index contributed by atoms with van der Waals surface area (Å²) >= 11 is 7.38. The number of pyridine rings is 1. The van der Waals surface area contributed by atoms with Crippen molar-refractivity contribution in [3.05, 3.63) is 52.2 Å². The van der Waals surface area contributed by atoms with Gasteiger partial charge in [0.15, 0.2) is 10.3 Å². The predicted molar refractivity (Wildman–Crippen MR) is 109 cm³/mol. The van der Waals surface area contributed by atoms with Gasteiger partial charge >= 0.3 is 0 Å². The molecule has 2 heterocycles. The molecule has 0 unspecified atom stereocenters. The highest BCUT2D eigenvalue weighted by Crippen LogP contribution is 2.36. The number of hydrogen-bond donors (Lipinski definition) is 0. The number of amidine groups is 1. The first-order valence-corrected chi connectivity index (χ1v) is 9.39. The van der Waals surface area contributed by atoms with Crippen LogP contribution in [0.4, 0.5) is 5.69 Å². The van der Waals surface area contributed by atoms with Crippen molar-refractivity contribution in [2.75, 3.05) is 20.8 Å². The van der Waals surface area contributed by atoms with Crippen LogP contribution in [0.15, 0.2) is 46.4 Å². The van der Waals surface area contributed by atoms with Crippen molar-refractivity contribution in [3.8, 4) is 11.5 Å². The molecule has 1 aromatic heterocycles. The number of aromatic nitrogens is 1. The Kier molecular flexibility index (Phi) is 6.03. The molecule has 1 amide bonds. The Morgan fingerprint density at radius 1 is 1.30 bits per heavy atom. The summed E-state index contributed by atoms with van der Waals surface area (Å²) in [5.41, 5.74) is 1.31. The third kappa shape index (κ3) is 4.09. The molecule has 0 saturated carbocycles. The van der Waals surface area contributed by atoms with E-state index in [0.717, 1.165) is 5.56 Å². The van der Waals surface area contributed by atoms with E-state index in [1.165, 1.54) is 11.8 Å². The summed E-state index contributed by atoms with van der Waals surface area (Å²) < 4.78 is 10.6.